The Kier molecular flexibility index (Phi) is 4.20. The van der Waals surface area contributed by atoms with Crippen LogP contribution < -0.4 is 5.73 Å². The fourth-order valence-electron chi connectivity index (χ4n) is 2.35. The van der Waals surface area contributed by atoms with Gasteiger partial charge in [-0.1, -0.05) is 12.8 Å². The minimum Gasteiger partial charge on any atom is -0.396 e. The quantitative estimate of drug-likeness (QED) is 0.906. The van der Waals surface area contributed by atoms with E-state index in [0.29, 0.717) is 17.8 Å². The lowest BCUT2D eigenvalue weighted by Crippen LogP contribution is -2.35. The topological polar surface area (TPSA) is 64.1 Å². The van der Waals surface area contributed by atoms with Crippen molar-refractivity contribution >= 4 is 11.6 Å². The highest BCUT2D eigenvalue weighted by molar-refractivity contribution is 5.97. The molecule has 0 saturated carbocycles. The van der Waals surface area contributed by atoms with E-state index in [-0.39, 0.29) is 11.4 Å². The first-order chi connectivity index (χ1) is 9.38. The van der Waals surface area contributed by atoms with Crippen LogP contribution in [0.3, 0.4) is 0 Å². The van der Waals surface area contributed by atoms with Gasteiger partial charge in [-0.15, -0.1) is 0 Å². The number of hydrogen-bond donors (Lipinski definition) is 1. The molecule has 1 fully saturated rings. The first-order valence-electron chi connectivity index (χ1n) is 6.56. The van der Waals surface area contributed by atoms with Crippen molar-refractivity contribution in [2.75, 3.05) is 18.8 Å². The molecule has 1 saturated heterocycles. The van der Waals surface area contributed by atoms with Gasteiger partial charge in [0.2, 0.25) is 0 Å². The van der Waals surface area contributed by atoms with Crippen LogP contribution in [0, 0.1) is 0 Å². The van der Waals surface area contributed by atoms with Crippen molar-refractivity contribution in [1.82, 2.24) is 14.7 Å². The van der Waals surface area contributed by atoms with Crippen molar-refractivity contribution in [3.8, 4) is 0 Å². The number of hydrogen-bond acceptors (Lipinski definition) is 3. The Morgan fingerprint density at radius 3 is 2.40 bits per heavy atom. The molecule has 0 aliphatic carbocycles. The van der Waals surface area contributed by atoms with E-state index in [1.54, 1.807) is 4.90 Å². The summed E-state index contributed by atoms with van der Waals surface area (Å²) in [5, 5.41) is 3.56. The molecule has 1 amide bonds. The number of aromatic nitrogens is 2. The second kappa shape index (κ2) is 5.72. The van der Waals surface area contributed by atoms with E-state index in [4.69, 9.17) is 5.73 Å². The SMILES string of the molecule is Nc1cnn(CC(F)(F)F)c1C(=O)N1CCCCCC1. The summed E-state index contributed by atoms with van der Waals surface area (Å²) in [5.41, 5.74) is 5.44. The Bertz CT molecular complexity index is 476. The van der Waals surface area contributed by atoms with Crippen molar-refractivity contribution in [3.63, 3.8) is 0 Å². The number of carbonyl (C=O) groups is 1. The number of halogens is 3. The predicted octanol–water partition coefficient (Wildman–Crippen LogP) is 2.04. The molecule has 112 valence electrons. The summed E-state index contributed by atoms with van der Waals surface area (Å²) in [6.07, 6.45) is 0.434. The number of carbonyl (C=O) groups excluding carboxylic acids is 1. The van der Waals surface area contributed by atoms with Gasteiger partial charge in [0.05, 0.1) is 11.9 Å². The van der Waals surface area contributed by atoms with E-state index in [2.05, 4.69) is 5.10 Å². The second-order valence-electron chi connectivity index (χ2n) is 4.93. The largest absolute Gasteiger partial charge is 0.408 e. The third-order valence-corrected chi connectivity index (χ3v) is 3.29. The van der Waals surface area contributed by atoms with Crippen LogP contribution >= 0.6 is 0 Å². The van der Waals surface area contributed by atoms with Crippen LogP contribution in [0.2, 0.25) is 0 Å². The Morgan fingerprint density at radius 2 is 1.85 bits per heavy atom. The third-order valence-electron chi connectivity index (χ3n) is 3.29. The van der Waals surface area contributed by atoms with Gasteiger partial charge < -0.3 is 10.6 Å². The Balaban J connectivity index is 2.22. The lowest BCUT2D eigenvalue weighted by Gasteiger charge is -2.21. The number of likely N-dealkylation sites (tertiary alicyclic amines) is 1. The number of alkyl halides is 3. The third kappa shape index (κ3) is 3.43. The van der Waals surface area contributed by atoms with Gasteiger partial charge in [0.1, 0.15) is 12.2 Å². The van der Waals surface area contributed by atoms with Gasteiger partial charge in [-0.2, -0.15) is 18.3 Å². The Hall–Kier alpha value is -1.73. The monoisotopic (exact) mass is 290 g/mol. The molecule has 1 aromatic heterocycles. The molecule has 5 nitrogen and oxygen atoms in total. The van der Waals surface area contributed by atoms with E-state index in [9.17, 15) is 18.0 Å². The number of nitrogens with two attached hydrogens (primary N) is 1. The summed E-state index contributed by atoms with van der Waals surface area (Å²) in [6.45, 7) is -0.204. The zero-order chi connectivity index (χ0) is 14.8. The summed E-state index contributed by atoms with van der Waals surface area (Å²) in [6, 6.07) is 0. The van der Waals surface area contributed by atoms with E-state index < -0.39 is 18.6 Å². The maximum absolute atomic E-state index is 12.5. The van der Waals surface area contributed by atoms with Gasteiger partial charge >= 0.3 is 6.18 Å². The van der Waals surface area contributed by atoms with Gasteiger partial charge in [0, 0.05) is 13.1 Å². The maximum Gasteiger partial charge on any atom is 0.408 e. The Labute approximate surface area is 114 Å². The van der Waals surface area contributed by atoms with Crippen molar-refractivity contribution in [2.24, 2.45) is 0 Å². The second-order valence-corrected chi connectivity index (χ2v) is 4.93. The molecule has 20 heavy (non-hydrogen) atoms. The van der Waals surface area contributed by atoms with Crippen LogP contribution in [0.5, 0.6) is 0 Å². The fourth-order valence-corrected chi connectivity index (χ4v) is 2.35. The summed E-state index contributed by atoms with van der Waals surface area (Å²) >= 11 is 0. The lowest BCUT2D eigenvalue weighted by molar-refractivity contribution is -0.142. The predicted molar refractivity (Wildman–Crippen MR) is 67.1 cm³/mol. The average Bonchev–Trinajstić information content (AvgIpc) is 2.57. The van der Waals surface area contributed by atoms with Crippen molar-refractivity contribution in [1.29, 1.82) is 0 Å². The first-order valence-corrected chi connectivity index (χ1v) is 6.56. The molecule has 0 spiro atoms. The molecule has 8 heteroatoms. The van der Waals surface area contributed by atoms with Crippen LogP contribution in [-0.4, -0.2) is 39.9 Å². The number of anilines is 1. The normalized spacial score (nSPS) is 17.1. The van der Waals surface area contributed by atoms with E-state index in [1.165, 1.54) is 0 Å². The fraction of sp³-hybridized carbons (Fsp3) is 0.667. The summed E-state index contributed by atoms with van der Waals surface area (Å²) < 4.78 is 38.1. The molecule has 2 heterocycles. The van der Waals surface area contributed by atoms with E-state index in [1.807, 2.05) is 0 Å². The van der Waals surface area contributed by atoms with Crippen LogP contribution in [0.25, 0.3) is 0 Å². The molecule has 1 aliphatic rings. The van der Waals surface area contributed by atoms with Crippen LogP contribution in [0.15, 0.2) is 6.20 Å². The van der Waals surface area contributed by atoms with Crippen LogP contribution in [0.1, 0.15) is 36.2 Å². The van der Waals surface area contributed by atoms with Gasteiger partial charge in [-0.25, -0.2) is 4.68 Å². The van der Waals surface area contributed by atoms with Crippen molar-refractivity contribution in [3.05, 3.63) is 11.9 Å². The number of rotatable bonds is 2. The summed E-state index contributed by atoms with van der Waals surface area (Å²) in [4.78, 5) is 13.9. The maximum atomic E-state index is 12.5. The molecule has 0 atom stereocenters. The molecule has 0 unspecified atom stereocenters. The molecular formula is C12H17F3N4O. The molecule has 0 radical (unpaired) electrons. The van der Waals surface area contributed by atoms with Crippen LogP contribution in [-0.2, 0) is 6.54 Å². The first kappa shape index (κ1) is 14.7. The molecule has 2 rings (SSSR count). The lowest BCUT2D eigenvalue weighted by atomic mass is 10.2. The van der Waals surface area contributed by atoms with Gasteiger partial charge in [0.15, 0.2) is 0 Å². The van der Waals surface area contributed by atoms with Gasteiger partial charge in [0.25, 0.3) is 5.91 Å². The van der Waals surface area contributed by atoms with Crippen molar-refractivity contribution in [2.45, 2.75) is 38.4 Å². The average molecular weight is 290 g/mol. The highest BCUT2D eigenvalue weighted by Gasteiger charge is 2.32. The zero-order valence-corrected chi connectivity index (χ0v) is 11.0. The summed E-state index contributed by atoms with van der Waals surface area (Å²) in [5.74, 6) is -0.467. The van der Waals surface area contributed by atoms with Crippen molar-refractivity contribution < 1.29 is 18.0 Å². The number of nitrogen functional groups attached to an aromatic ring is 1. The highest BCUT2D eigenvalue weighted by Crippen LogP contribution is 2.22. The minimum absolute atomic E-state index is 0.0107. The van der Waals surface area contributed by atoms with Crippen LogP contribution in [0.4, 0.5) is 18.9 Å². The molecule has 2 N–H and O–H groups in total. The Morgan fingerprint density at radius 1 is 1.25 bits per heavy atom. The highest BCUT2D eigenvalue weighted by atomic mass is 19.4. The smallest absolute Gasteiger partial charge is 0.396 e. The number of nitrogens with zero attached hydrogens (tertiary/aromatic N) is 3. The molecule has 0 aromatic carbocycles. The van der Waals surface area contributed by atoms with E-state index >= 15 is 0 Å². The standard InChI is InChI=1S/C12H17F3N4O/c13-12(14,15)8-19-10(9(16)7-17-19)11(20)18-5-3-1-2-4-6-18/h7H,1-6,8,16H2. The van der Waals surface area contributed by atoms with E-state index in [0.717, 1.165) is 31.9 Å². The molecular weight excluding hydrogens is 273 g/mol. The van der Waals surface area contributed by atoms with Gasteiger partial charge in [-0.05, 0) is 12.8 Å². The van der Waals surface area contributed by atoms with Gasteiger partial charge in [-0.3, -0.25) is 4.79 Å². The zero-order valence-electron chi connectivity index (χ0n) is 11.0. The molecule has 1 aliphatic heterocycles. The molecule has 1 aromatic rings. The minimum atomic E-state index is -4.44. The summed E-state index contributed by atoms with van der Waals surface area (Å²) in [7, 11) is 0. The number of amides is 1. The molecule has 0 bridgehead atoms.